The molecule has 0 saturated carbocycles. The number of anilines is 1. The number of ether oxygens (including phenoxy) is 2. The molecule has 0 aliphatic heterocycles. The van der Waals surface area contributed by atoms with Crippen LogP contribution in [0.25, 0.3) is 0 Å². The second-order valence-corrected chi connectivity index (χ2v) is 7.52. The summed E-state index contributed by atoms with van der Waals surface area (Å²) in [6.45, 7) is 5.64. The largest absolute Gasteiger partial charge is 0.497 e. The van der Waals surface area contributed by atoms with E-state index in [9.17, 15) is 9.59 Å². The Balaban J connectivity index is 1.93. The van der Waals surface area contributed by atoms with Crippen molar-refractivity contribution in [1.82, 2.24) is 5.32 Å². The zero-order valence-corrected chi connectivity index (χ0v) is 18.2. The molecule has 0 aromatic heterocycles. The highest BCUT2D eigenvalue weighted by atomic mass is 16.5. The van der Waals surface area contributed by atoms with Crippen LogP contribution in [0.3, 0.4) is 0 Å². The molecule has 30 heavy (non-hydrogen) atoms. The summed E-state index contributed by atoms with van der Waals surface area (Å²) in [6.07, 6.45) is 0.431. The minimum Gasteiger partial charge on any atom is -0.497 e. The van der Waals surface area contributed by atoms with Gasteiger partial charge in [-0.15, -0.1) is 0 Å². The molecule has 2 aromatic carbocycles. The number of hydrogen-bond acceptors (Lipinski definition) is 5. The Bertz CT molecular complexity index is 845. The lowest BCUT2D eigenvalue weighted by Crippen LogP contribution is -2.47. The Labute approximate surface area is 177 Å². The summed E-state index contributed by atoms with van der Waals surface area (Å²) in [5.74, 6) is 0.352. The second kappa shape index (κ2) is 10.6. The predicted molar refractivity (Wildman–Crippen MR) is 118 cm³/mol. The number of aryl methyl sites for hydroxylation is 1. The molecule has 2 amide bonds. The quantitative estimate of drug-likeness (QED) is 0.586. The number of carbonyl (C=O) groups is 2. The van der Waals surface area contributed by atoms with Gasteiger partial charge in [0.15, 0.2) is 0 Å². The van der Waals surface area contributed by atoms with E-state index in [2.05, 4.69) is 10.6 Å². The smallest absolute Gasteiger partial charge is 0.251 e. The van der Waals surface area contributed by atoms with Gasteiger partial charge in [-0.05, 0) is 44.5 Å². The molecule has 4 N–H and O–H groups in total. The van der Waals surface area contributed by atoms with Crippen molar-refractivity contribution in [2.24, 2.45) is 11.7 Å². The van der Waals surface area contributed by atoms with Crippen LogP contribution in [0.2, 0.25) is 0 Å². The highest BCUT2D eigenvalue weighted by Crippen LogP contribution is 2.22. The first-order chi connectivity index (χ1) is 14.2. The van der Waals surface area contributed by atoms with Gasteiger partial charge in [0.05, 0.1) is 14.2 Å². The fourth-order valence-electron chi connectivity index (χ4n) is 2.96. The van der Waals surface area contributed by atoms with Crippen molar-refractivity contribution < 1.29 is 19.1 Å². The van der Waals surface area contributed by atoms with Crippen LogP contribution >= 0.6 is 0 Å². The number of carbonyl (C=O) groups excluding carboxylic acids is 2. The van der Waals surface area contributed by atoms with Gasteiger partial charge in [0.25, 0.3) is 5.91 Å². The van der Waals surface area contributed by atoms with Gasteiger partial charge < -0.3 is 25.8 Å². The maximum absolute atomic E-state index is 12.6. The number of nitrogens with two attached hydrogens (primary N) is 1. The van der Waals surface area contributed by atoms with Crippen molar-refractivity contribution in [3.8, 4) is 11.5 Å². The highest BCUT2D eigenvalue weighted by Gasteiger charge is 2.22. The Kier molecular flexibility index (Phi) is 8.24. The minimum absolute atomic E-state index is 0.106. The second-order valence-electron chi connectivity index (χ2n) is 7.52. The fraction of sp³-hybridized carbons (Fsp3) is 0.391. The van der Waals surface area contributed by atoms with Crippen LogP contribution in [0.15, 0.2) is 42.5 Å². The van der Waals surface area contributed by atoms with Crippen LogP contribution < -0.4 is 25.8 Å². The van der Waals surface area contributed by atoms with E-state index >= 15 is 0 Å². The van der Waals surface area contributed by atoms with E-state index in [1.165, 1.54) is 14.2 Å². The number of benzene rings is 2. The lowest BCUT2D eigenvalue weighted by atomic mass is 9.96. The van der Waals surface area contributed by atoms with Crippen LogP contribution in [0, 0.1) is 12.8 Å². The van der Waals surface area contributed by atoms with Crippen LogP contribution in [-0.2, 0) is 4.79 Å². The van der Waals surface area contributed by atoms with E-state index in [0.29, 0.717) is 23.5 Å². The van der Waals surface area contributed by atoms with Gasteiger partial charge in [0.2, 0.25) is 5.91 Å². The normalized spacial score (nSPS) is 13.7. The summed E-state index contributed by atoms with van der Waals surface area (Å²) in [7, 11) is 3.05. The summed E-state index contributed by atoms with van der Waals surface area (Å²) >= 11 is 0. The van der Waals surface area contributed by atoms with Gasteiger partial charge in [0.1, 0.15) is 11.5 Å². The lowest BCUT2D eigenvalue weighted by molar-refractivity contribution is -0.119. The Morgan fingerprint density at radius 3 is 2.10 bits per heavy atom. The summed E-state index contributed by atoms with van der Waals surface area (Å²) in [6, 6.07) is 11.9. The third kappa shape index (κ3) is 6.49. The molecule has 2 rings (SSSR count). The van der Waals surface area contributed by atoms with E-state index in [0.717, 1.165) is 11.3 Å². The van der Waals surface area contributed by atoms with Gasteiger partial charge in [-0.1, -0.05) is 24.6 Å². The van der Waals surface area contributed by atoms with E-state index in [4.69, 9.17) is 15.2 Å². The standard InChI is InChI=1S/C23H31N3O4/c1-14-6-8-18(9-7-14)26-22(27)15(2)10-21(24)16(3)25-23(28)17-11-19(29-4)13-20(12-17)30-5/h6-9,11-13,15-16,21H,10,24H2,1-5H3,(H,25,28)(H,26,27)/t15-,16+,21+/m1/s1. The Morgan fingerprint density at radius 1 is 1.00 bits per heavy atom. The van der Waals surface area contributed by atoms with Crippen molar-refractivity contribution in [1.29, 1.82) is 0 Å². The summed E-state index contributed by atoms with van der Waals surface area (Å²) in [5, 5.41) is 5.79. The van der Waals surface area contributed by atoms with Gasteiger partial charge in [0, 0.05) is 35.3 Å². The molecule has 0 heterocycles. The highest BCUT2D eigenvalue weighted by molar-refractivity contribution is 5.95. The van der Waals surface area contributed by atoms with E-state index in [-0.39, 0.29) is 29.8 Å². The number of hydrogen-bond donors (Lipinski definition) is 3. The lowest BCUT2D eigenvalue weighted by Gasteiger charge is -2.24. The van der Waals surface area contributed by atoms with Gasteiger partial charge >= 0.3 is 0 Å². The van der Waals surface area contributed by atoms with Crippen molar-refractivity contribution >= 4 is 17.5 Å². The van der Waals surface area contributed by atoms with Crippen molar-refractivity contribution in [3.63, 3.8) is 0 Å². The van der Waals surface area contributed by atoms with Crippen LogP contribution in [0.1, 0.15) is 36.2 Å². The topological polar surface area (TPSA) is 103 Å². The van der Waals surface area contributed by atoms with E-state index in [1.54, 1.807) is 18.2 Å². The number of methoxy groups -OCH3 is 2. The molecule has 7 heteroatoms. The molecule has 3 atom stereocenters. The molecule has 7 nitrogen and oxygen atoms in total. The average molecular weight is 414 g/mol. The van der Waals surface area contributed by atoms with Crippen molar-refractivity contribution in [2.45, 2.75) is 39.3 Å². The summed E-state index contributed by atoms with van der Waals surface area (Å²) < 4.78 is 10.4. The van der Waals surface area contributed by atoms with E-state index < -0.39 is 0 Å². The predicted octanol–water partition coefficient (Wildman–Crippen LogP) is 3.12. The molecule has 0 fully saturated rings. The molecule has 0 aliphatic rings. The van der Waals surface area contributed by atoms with Gasteiger partial charge in [-0.25, -0.2) is 0 Å². The molecule has 0 unspecified atom stereocenters. The van der Waals surface area contributed by atoms with Crippen LogP contribution in [0.5, 0.6) is 11.5 Å². The zero-order chi connectivity index (χ0) is 22.3. The molecule has 2 aromatic rings. The first-order valence-electron chi connectivity index (χ1n) is 9.90. The third-order valence-corrected chi connectivity index (χ3v) is 5.01. The molecule has 0 spiro atoms. The maximum atomic E-state index is 12.6. The number of rotatable bonds is 9. The summed E-state index contributed by atoms with van der Waals surface area (Å²) in [4.78, 5) is 25.1. The molecular formula is C23H31N3O4. The van der Waals surface area contributed by atoms with Crippen molar-refractivity contribution in [3.05, 3.63) is 53.6 Å². The Morgan fingerprint density at radius 2 is 1.57 bits per heavy atom. The minimum atomic E-state index is -0.389. The first-order valence-corrected chi connectivity index (χ1v) is 9.90. The van der Waals surface area contributed by atoms with E-state index in [1.807, 2.05) is 45.0 Å². The van der Waals surface area contributed by atoms with Crippen LogP contribution in [-0.4, -0.2) is 38.1 Å². The van der Waals surface area contributed by atoms with Crippen molar-refractivity contribution in [2.75, 3.05) is 19.5 Å². The van der Waals surface area contributed by atoms with Crippen LogP contribution in [0.4, 0.5) is 5.69 Å². The molecule has 0 bridgehead atoms. The monoisotopic (exact) mass is 413 g/mol. The molecule has 0 saturated heterocycles. The molecule has 162 valence electrons. The molecular weight excluding hydrogens is 382 g/mol. The number of nitrogens with one attached hydrogen (secondary N) is 2. The van der Waals surface area contributed by atoms with Gasteiger partial charge in [-0.3, -0.25) is 9.59 Å². The fourth-order valence-corrected chi connectivity index (χ4v) is 2.96. The SMILES string of the molecule is COc1cc(OC)cc(C(=O)N[C@@H](C)[C@@H](N)C[C@@H](C)C(=O)Nc2ccc(C)cc2)c1. The summed E-state index contributed by atoms with van der Waals surface area (Å²) in [5.41, 5.74) is 8.55. The number of amides is 2. The van der Waals surface area contributed by atoms with Gasteiger partial charge in [-0.2, -0.15) is 0 Å². The Hall–Kier alpha value is -3.06. The zero-order valence-electron chi connectivity index (χ0n) is 18.2. The molecule has 0 aliphatic carbocycles. The maximum Gasteiger partial charge on any atom is 0.251 e. The average Bonchev–Trinajstić information content (AvgIpc) is 2.74. The first kappa shape index (κ1) is 23.2. The third-order valence-electron chi connectivity index (χ3n) is 5.01. The molecule has 0 radical (unpaired) electrons.